The molecule has 0 N–H and O–H groups in total. The highest BCUT2D eigenvalue weighted by Gasteiger charge is 1.91. The minimum Gasteiger partial charge on any atom is -0.0871 e. The Morgan fingerprint density at radius 2 is 2.00 bits per heavy atom. The van der Waals surface area contributed by atoms with Gasteiger partial charge in [0, 0.05) is 4.47 Å². The van der Waals surface area contributed by atoms with Crippen LogP contribution in [-0.4, -0.2) is 0 Å². The molecule has 58 valence electrons. The monoisotopic (exact) mass is 210 g/mol. The molecule has 0 unspecified atom stereocenters. The molecular weight excluding hydrogens is 200 g/mol. The summed E-state index contributed by atoms with van der Waals surface area (Å²) in [5.74, 6) is 0. The number of hydrogen-bond acceptors (Lipinski definition) is 0. The Kier molecular flexibility index (Phi) is 2.89. The van der Waals surface area contributed by atoms with Crippen LogP contribution in [0.3, 0.4) is 0 Å². The van der Waals surface area contributed by atoms with Crippen LogP contribution in [0.15, 0.2) is 28.7 Å². The molecule has 0 atom stereocenters. The van der Waals surface area contributed by atoms with E-state index in [1.807, 2.05) is 13.0 Å². The molecule has 1 aromatic rings. The van der Waals surface area contributed by atoms with Gasteiger partial charge in [-0.3, -0.25) is 0 Å². The number of halogens is 1. The van der Waals surface area contributed by atoms with Gasteiger partial charge in [0.15, 0.2) is 0 Å². The zero-order valence-corrected chi connectivity index (χ0v) is 8.35. The smallest absolute Gasteiger partial charge is 0.0183 e. The average Bonchev–Trinajstić information content (AvgIpc) is 1.85. The Labute approximate surface area is 76.1 Å². The number of allylic oxidation sites excluding steroid dienone is 1. The number of hydrogen-bond donors (Lipinski definition) is 0. The van der Waals surface area contributed by atoms with Gasteiger partial charge in [0.25, 0.3) is 0 Å². The highest BCUT2D eigenvalue weighted by molar-refractivity contribution is 9.10. The van der Waals surface area contributed by atoms with E-state index >= 15 is 0 Å². The lowest BCUT2D eigenvalue weighted by Gasteiger charge is -1.97. The van der Waals surface area contributed by atoms with Gasteiger partial charge in [-0.15, -0.1) is 0 Å². The van der Waals surface area contributed by atoms with Crippen LogP contribution in [0.1, 0.15) is 18.1 Å². The molecule has 0 nitrogen and oxygen atoms in total. The van der Waals surface area contributed by atoms with E-state index in [-0.39, 0.29) is 0 Å². The predicted molar refractivity (Wildman–Crippen MR) is 53.6 cm³/mol. The van der Waals surface area contributed by atoms with Crippen LogP contribution in [0.2, 0.25) is 0 Å². The number of benzene rings is 1. The van der Waals surface area contributed by atoms with Gasteiger partial charge in [0.2, 0.25) is 0 Å². The van der Waals surface area contributed by atoms with E-state index in [2.05, 4.69) is 47.1 Å². The van der Waals surface area contributed by atoms with Gasteiger partial charge < -0.3 is 0 Å². The summed E-state index contributed by atoms with van der Waals surface area (Å²) in [7, 11) is 0. The van der Waals surface area contributed by atoms with Crippen molar-refractivity contribution in [2.45, 2.75) is 13.8 Å². The summed E-state index contributed by atoms with van der Waals surface area (Å²) in [4.78, 5) is 0. The van der Waals surface area contributed by atoms with Crippen LogP contribution in [0.4, 0.5) is 0 Å². The van der Waals surface area contributed by atoms with Crippen LogP contribution in [0.5, 0.6) is 0 Å². The number of rotatable bonds is 1. The van der Waals surface area contributed by atoms with Gasteiger partial charge in [-0.1, -0.05) is 34.1 Å². The zero-order valence-electron chi connectivity index (χ0n) is 6.76. The third-order valence-electron chi connectivity index (χ3n) is 1.42. The van der Waals surface area contributed by atoms with Crippen LogP contribution >= 0.6 is 15.9 Å². The molecule has 1 heteroatoms. The van der Waals surface area contributed by atoms with Crippen molar-refractivity contribution in [2.75, 3.05) is 0 Å². The van der Waals surface area contributed by atoms with E-state index in [0.717, 1.165) is 4.47 Å². The molecule has 1 aromatic carbocycles. The summed E-state index contributed by atoms with van der Waals surface area (Å²) in [6.45, 7) is 4.12. The fraction of sp³-hybridized carbons (Fsp3) is 0.200. The second-order valence-corrected chi connectivity index (χ2v) is 3.48. The Morgan fingerprint density at radius 1 is 1.27 bits per heavy atom. The lowest BCUT2D eigenvalue weighted by atomic mass is 10.1. The van der Waals surface area contributed by atoms with Crippen molar-refractivity contribution < 1.29 is 0 Å². The van der Waals surface area contributed by atoms with Gasteiger partial charge in [-0.25, -0.2) is 0 Å². The summed E-state index contributed by atoms with van der Waals surface area (Å²) < 4.78 is 1.14. The van der Waals surface area contributed by atoms with Gasteiger partial charge in [-0.05, 0) is 37.1 Å². The highest BCUT2D eigenvalue weighted by atomic mass is 79.9. The van der Waals surface area contributed by atoms with Crippen LogP contribution < -0.4 is 0 Å². The third-order valence-corrected chi connectivity index (χ3v) is 1.88. The van der Waals surface area contributed by atoms with Crippen molar-refractivity contribution in [1.29, 1.82) is 0 Å². The molecule has 1 rings (SSSR count). The first-order valence-electron chi connectivity index (χ1n) is 3.62. The first-order valence-corrected chi connectivity index (χ1v) is 4.41. The lowest BCUT2D eigenvalue weighted by molar-refractivity contribution is 1.44. The molecule has 0 fully saturated rings. The molecule has 0 spiro atoms. The molecule has 0 bridgehead atoms. The van der Waals surface area contributed by atoms with Crippen molar-refractivity contribution in [1.82, 2.24) is 0 Å². The van der Waals surface area contributed by atoms with Gasteiger partial charge in [0.1, 0.15) is 0 Å². The minimum atomic E-state index is 1.14. The fourth-order valence-corrected chi connectivity index (χ4v) is 1.68. The quantitative estimate of drug-likeness (QED) is 0.662. The summed E-state index contributed by atoms with van der Waals surface area (Å²) in [5, 5.41) is 0. The summed E-state index contributed by atoms with van der Waals surface area (Å²) in [6, 6.07) is 6.37. The van der Waals surface area contributed by atoms with E-state index in [1.165, 1.54) is 11.1 Å². The molecule has 0 aliphatic heterocycles. The number of aryl methyl sites for hydroxylation is 1. The Morgan fingerprint density at radius 3 is 2.55 bits per heavy atom. The van der Waals surface area contributed by atoms with E-state index < -0.39 is 0 Å². The second-order valence-electron chi connectivity index (χ2n) is 2.56. The Hall–Kier alpha value is -0.560. The van der Waals surface area contributed by atoms with Crippen molar-refractivity contribution in [3.05, 3.63) is 39.9 Å². The summed E-state index contributed by atoms with van der Waals surface area (Å²) >= 11 is 3.45. The standard InChI is InChI=1S/C10H11Br/c1-3-4-9-5-8(2)6-10(11)7-9/h3-7H,1-2H3. The topological polar surface area (TPSA) is 0 Å². The molecule has 0 saturated heterocycles. The highest BCUT2D eigenvalue weighted by Crippen LogP contribution is 2.15. The van der Waals surface area contributed by atoms with Crippen LogP contribution in [0, 0.1) is 6.92 Å². The SMILES string of the molecule is CC=Cc1cc(C)cc(Br)c1. The summed E-state index contributed by atoms with van der Waals surface area (Å²) in [6.07, 6.45) is 4.14. The van der Waals surface area contributed by atoms with Crippen molar-refractivity contribution in [3.8, 4) is 0 Å². The average molecular weight is 211 g/mol. The van der Waals surface area contributed by atoms with Gasteiger partial charge in [-0.2, -0.15) is 0 Å². The maximum absolute atomic E-state index is 3.45. The molecule has 11 heavy (non-hydrogen) atoms. The van der Waals surface area contributed by atoms with E-state index in [1.54, 1.807) is 0 Å². The predicted octanol–water partition coefficient (Wildman–Crippen LogP) is 3.79. The van der Waals surface area contributed by atoms with Crippen LogP contribution in [-0.2, 0) is 0 Å². The molecule has 0 heterocycles. The minimum absolute atomic E-state index is 1.14. The first-order chi connectivity index (χ1) is 5.22. The third kappa shape index (κ3) is 2.51. The van der Waals surface area contributed by atoms with E-state index in [9.17, 15) is 0 Å². The Bertz CT molecular complexity index is 254. The van der Waals surface area contributed by atoms with Crippen molar-refractivity contribution >= 4 is 22.0 Å². The molecular formula is C10H11Br. The molecule has 0 saturated carbocycles. The van der Waals surface area contributed by atoms with E-state index in [4.69, 9.17) is 0 Å². The molecule has 0 aliphatic rings. The summed E-state index contributed by atoms with van der Waals surface area (Å²) in [5.41, 5.74) is 2.53. The maximum Gasteiger partial charge on any atom is 0.0183 e. The molecule has 0 aromatic heterocycles. The Balaban J connectivity index is 3.08. The lowest BCUT2D eigenvalue weighted by Crippen LogP contribution is -1.76. The molecule has 0 radical (unpaired) electrons. The first kappa shape index (κ1) is 8.54. The maximum atomic E-state index is 3.45. The van der Waals surface area contributed by atoms with Crippen molar-refractivity contribution in [3.63, 3.8) is 0 Å². The zero-order chi connectivity index (χ0) is 8.27. The largest absolute Gasteiger partial charge is 0.0871 e. The van der Waals surface area contributed by atoms with Gasteiger partial charge in [0.05, 0.1) is 0 Å². The molecule has 0 amide bonds. The second kappa shape index (κ2) is 3.72. The van der Waals surface area contributed by atoms with Crippen LogP contribution in [0.25, 0.3) is 6.08 Å². The normalized spacial score (nSPS) is 10.8. The molecule has 0 aliphatic carbocycles. The van der Waals surface area contributed by atoms with E-state index in [0.29, 0.717) is 0 Å². The van der Waals surface area contributed by atoms with Crippen molar-refractivity contribution in [2.24, 2.45) is 0 Å². The van der Waals surface area contributed by atoms with Gasteiger partial charge >= 0.3 is 0 Å². The fourth-order valence-electron chi connectivity index (χ4n) is 1.05.